The summed E-state index contributed by atoms with van der Waals surface area (Å²) >= 11 is 0. The molecule has 0 saturated heterocycles. The van der Waals surface area contributed by atoms with Crippen LogP contribution in [0.15, 0.2) is 60.7 Å². The molecule has 0 atom stereocenters. The number of hydrogen-bond donors (Lipinski definition) is 0. The van der Waals surface area contributed by atoms with Gasteiger partial charge in [0.1, 0.15) is 0 Å². The summed E-state index contributed by atoms with van der Waals surface area (Å²) in [5.41, 5.74) is 5.66. The van der Waals surface area contributed by atoms with E-state index in [1.165, 1.54) is 43.8 Å². The normalized spacial score (nSPS) is 9.87. The van der Waals surface area contributed by atoms with Crippen molar-refractivity contribution in [2.24, 2.45) is 0 Å². The van der Waals surface area contributed by atoms with Crippen molar-refractivity contribution in [3.8, 4) is 0 Å². The van der Waals surface area contributed by atoms with Crippen molar-refractivity contribution in [2.75, 3.05) is 0 Å². The standard InChI is InChI=1S/2C13H15.2ClH.2Zr/c2*1-9(2)12-6-4-5-11-7-10(3)8-13(11)12;;;;/h2*4-9H,1-3H3;2*1H;;/q2*-1;;;2*+2/p-2. The van der Waals surface area contributed by atoms with Gasteiger partial charge < -0.3 is 24.8 Å². The second-order valence-corrected chi connectivity index (χ2v) is 8.08. The van der Waals surface area contributed by atoms with Gasteiger partial charge in [0.2, 0.25) is 0 Å². The van der Waals surface area contributed by atoms with Gasteiger partial charge in [-0.1, -0.05) is 64.8 Å². The fourth-order valence-corrected chi connectivity index (χ4v) is 3.82. The average molecular weight is 596 g/mol. The van der Waals surface area contributed by atoms with Crippen LogP contribution in [0.1, 0.15) is 61.8 Å². The molecule has 4 aromatic carbocycles. The molecule has 0 bridgehead atoms. The van der Waals surface area contributed by atoms with Crippen molar-refractivity contribution < 1.29 is 77.2 Å². The van der Waals surface area contributed by atoms with Crippen LogP contribution in [0.4, 0.5) is 0 Å². The molecular formula is C26H30Cl2Zr2. The van der Waals surface area contributed by atoms with Crippen molar-refractivity contribution >= 4 is 21.5 Å². The van der Waals surface area contributed by atoms with Gasteiger partial charge >= 0.3 is 52.4 Å². The summed E-state index contributed by atoms with van der Waals surface area (Å²) in [6.07, 6.45) is 0. The molecule has 0 aliphatic rings. The average Bonchev–Trinajstić information content (AvgIpc) is 3.14. The maximum Gasteiger partial charge on any atom is 2.00 e. The summed E-state index contributed by atoms with van der Waals surface area (Å²) in [4.78, 5) is 0. The first-order chi connectivity index (χ1) is 12.4. The zero-order valence-corrected chi connectivity index (χ0v) is 25.1. The van der Waals surface area contributed by atoms with Gasteiger partial charge in [-0.2, -0.15) is 12.1 Å². The molecule has 0 unspecified atom stereocenters. The number of hydrogen-bond acceptors (Lipinski definition) is 0. The molecule has 0 amide bonds. The van der Waals surface area contributed by atoms with Crippen LogP contribution >= 0.6 is 0 Å². The molecule has 0 saturated carbocycles. The minimum absolute atomic E-state index is 0. The van der Waals surface area contributed by atoms with Gasteiger partial charge in [-0.25, -0.2) is 0 Å². The van der Waals surface area contributed by atoms with Crippen LogP contribution in [0.3, 0.4) is 0 Å². The van der Waals surface area contributed by atoms with Gasteiger partial charge in [-0.15, -0.1) is 69.1 Å². The van der Waals surface area contributed by atoms with Crippen LogP contribution in [-0.2, 0) is 52.4 Å². The Morgan fingerprint density at radius 3 is 1.23 bits per heavy atom. The predicted octanol–water partition coefficient (Wildman–Crippen LogP) is 1.98. The Hall–Kier alpha value is 0.00623. The van der Waals surface area contributed by atoms with Gasteiger partial charge in [0.05, 0.1) is 0 Å². The minimum atomic E-state index is 0. The Morgan fingerprint density at radius 1 is 0.600 bits per heavy atom. The molecule has 0 aromatic heterocycles. The summed E-state index contributed by atoms with van der Waals surface area (Å²) in [7, 11) is 0. The minimum Gasteiger partial charge on any atom is -1.00 e. The van der Waals surface area contributed by atoms with Crippen molar-refractivity contribution in [3.63, 3.8) is 0 Å². The number of aryl methyl sites for hydroxylation is 2. The second-order valence-electron chi connectivity index (χ2n) is 8.08. The van der Waals surface area contributed by atoms with Crippen LogP contribution < -0.4 is 24.8 Å². The number of benzene rings is 2. The summed E-state index contributed by atoms with van der Waals surface area (Å²) < 4.78 is 0. The summed E-state index contributed by atoms with van der Waals surface area (Å²) in [6.45, 7) is 13.3. The summed E-state index contributed by atoms with van der Waals surface area (Å²) in [5.74, 6) is 1.23. The van der Waals surface area contributed by atoms with E-state index in [-0.39, 0.29) is 77.2 Å². The molecule has 0 N–H and O–H groups in total. The Morgan fingerprint density at radius 2 is 0.933 bits per heavy atom. The number of halogens is 2. The topological polar surface area (TPSA) is 0 Å². The maximum atomic E-state index is 2.28. The molecule has 0 spiro atoms. The SMILES string of the molecule is Cc1cc2c(C(C)C)cccc2[cH-]1.Cc1cc2c(C(C)C)cccc2[cH-]1.[Cl-].[Cl-].[Zr+2].[Zr+2]. The molecular weight excluding hydrogens is 566 g/mol. The molecule has 30 heavy (non-hydrogen) atoms. The van der Waals surface area contributed by atoms with Crippen LogP contribution in [-0.4, -0.2) is 0 Å². The second kappa shape index (κ2) is 14.2. The quantitative estimate of drug-likeness (QED) is 0.311. The third kappa shape index (κ3) is 7.55. The van der Waals surface area contributed by atoms with E-state index >= 15 is 0 Å². The van der Waals surface area contributed by atoms with E-state index < -0.39 is 0 Å². The molecule has 0 radical (unpaired) electrons. The molecule has 4 heteroatoms. The van der Waals surface area contributed by atoms with Gasteiger partial charge in [-0.3, -0.25) is 0 Å². The largest absolute Gasteiger partial charge is 2.00 e. The molecule has 0 fully saturated rings. The van der Waals surface area contributed by atoms with Crippen molar-refractivity contribution in [1.82, 2.24) is 0 Å². The van der Waals surface area contributed by atoms with Crippen molar-refractivity contribution in [1.29, 1.82) is 0 Å². The van der Waals surface area contributed by atoms with Gasteiger partial charge in [0, 0.05) is 0 Å². The molecule has 0 nitrogen and oxygen atoms in total. The Bertz CT molecular complexity index is 942. The van der Waals surface area contributed by atoms with Crippen molar-refractivity contribution in [2.45, 2.75) is 53.4 Å². The molecule has 0 heterocycles. The number of fused-ring (bicyclic) bond motifs is 2. The van der Waals surface area contributed by atoms with Crippen LogP contribution in [0.2, 0.25) is 0 Å². The zero-order chi connectivity index (χ0) is 18.8. The first-order valence-electron chi connectivity index (χ1n) is 9.68. The van der Waals surface area contributed by atoms with E-state index in [1.54, 1.807) is 0 Å². The third-order valence-corrected chi connectivity index (χ3v) is 5.10. The zero-order valence-electron chi connectivity index (χ0n) is 18.7. The van der Waals surface area contributed by atoms with E-state index in [0.717, 1.165) is 0 Å². The molecule has 0 aliphatic carbocycles. The molecule has 156 valence electrons. The molecule has 0 aliphatic heterocycles. The van der Waals surface area contributed by atoms with E-state index in [9.17, 15) is 0 Å². The monoisotopic (exact) mass is 592 g/mol. The Labute approximate surface area is 233 Å². The van der Waals surface area contributed by atoms with Crippen LogP contribution in [0.25, 0.3) is 21.5 Å². The Kier molecular flexibility index (Phi) is 15.3. The number of rotatable bonds is 2. The maximum absolute atomic E-state index is 2.28. The summed E-state index contributed by atoms with van der Waals surface area (Å²) in [5, 5.41) is 5.61. The first kappa shape index (κ1) is 32.2. The third-order valence-electron chi connectivity index (χ3n) is 5.10. The summed E-state index contributed by atoms with van der Waals surface area (Å²) in [6, 6.07) is 22.2. The van der Waals surface area contributed by atoms with Gasteiger partial charge in [0.25, 0.3) is 0 Å². The van der Waals surface area contributed by atoms with Crippen LogP contribution in [0, 0.1) is 13.8 Å². The Balaban J connectivity index is 0. The van der Waals surface area contributed by atoms with E-state index in [0.29, 0.717) is 11.8 Å². The van der Waals surface area contributed by atoms with Crippen molar-refractivity contribution in [3.05, 3.63) is 82.9 Å². The predicted molar refractivity (Wildman–Crippen MR) is 117 cm³/mol. The molecule has 4 aromatic rings. The fourth-order valence-electron chi connectivity index (χ4n) is 3.82. The van der Waals surface area contributed by atoms with Crippen LogP contribution in [0.5, 0.6) is 0 Å². The fraction of sp³-hybridized carbons (Fsp3) is 0.308. The molecule has 4 rings (SSSR count). The smallest absolute Gasteiger partial charge is 1.00 e. The van der Waals surface area contributed by atoms with E-state index in [1.807, 2.05) is 0 Å². The first-order valence-corrected chi connectivity index (χ1v) is 9.68. The van der Waals surface area contributed by atoms with E-state index in [2.05, 4.69) is 102 Å². The van der Waals surface area contributed by atoms with E-state index in [4.69, 9.17) is 0 Å². The van der Waals surface area contributed by atoms with Gasteiger partial charge in [-0.05, 0) is 11.8 Å². The van der Waals surface area contributed by atoms with Gasteiger partial charge in [0.15, 0.2) is 0 Å².